The van der Waals surface area contributed by atoms with Crippen LogP contribution in [0.4, 0.5) is 0 Å². The van der Waals surface area contributed by atoms with Crippen LogP contribution in [0, 0.1) is 14.9 Å². The minimum Gasteiger partial charge on any atom is -0.358 e. The molecule has 0 aliphatic heterocycles. The third-order valence-electron chi connectivity index (χ3n) is 0. The van der Waals surface area contributed by atoms with Gasteiger partial charge in [-0.25, -0.2) is 0 Å². The molecule has 0 fully saturated rings. The zero-order valence-electron chi connectivity index (χ0n) is 3.75. The smallest absolute Gasteiger partial charge is 0.358 e. The Balaban J connectivity index is 0. The molecule has 0 aromatic rings. The Morgan fingerprint density at radius 1 is 0.600 bits per heavy atom. The van der Waals surface area contributed by atoms with E-state index < -0.39 is 0 Å². The van der Waals surface area contributed by atoms with Gasteiger partial charge in [-0.2, -0.15) is 19.8 Å². The predicted octanol–water partition coefficient (Wildman–Crippen LogP) is 1.01. The maximum Gasteiger partial charge on any atom is 2.00 e. The molecule has 2 unspecified atom stereocenters. The second-order valence-corrected chi connectivity index (χ2v) is 0. The molecule has 0 bridgehead atoms. The third-order valence-corrected chi connectivity index (χ3v) is 0. The van der Waals surface area contributed by atoms with Gasteiger partial charge in [0.15, 0.2) is 0 Å². The Hall–Kier alpha value is 1.48. The molecule has 1 radical (unpaired) electrons. The molecule has 0 spiro atoms. The summed E-state index contributed by atoms with van der Waals surface area (Å²) in [6.07, 6.45) is 0. The maximum absolute atomic E-state index is 0. The van der Waals surface area contributed by atoms with Gasteiger partial charge in [0.1, 0.15) is 0 Å². The van der Waals surface area contributed by atoms with Gasteiger partial charge >= 0.3 is 19.5 Å². The van der Waals surface area contributed by atoms with E-state index in [2.05, 4.69) is 0 Å². The van der Waals surface area contributed by atoms with E-state index in [1.54, 1.807) is 0 Å². The number of hydrogen-bond donors (Lipinski definition) is 0. The van der Waals surface area contributed by atoms with Crippen LogP contribution in [0.15, 0.2) is 0 Å². The van der Waals surface area contributed by atoms with E-state index in [0.29, 0.717) is 0 Å². The molecule has 0 aliphatic carbocycles. The van der Waals surface area contributed by atoms with Crippen LogP contribution in [0.5, 0.6) is 0 Å². The predicted molar refractivity (Wildman–Crippen MR) is 35.0 cm³/mol. The first-order valence-corrected chi connectivity index (χ1v) is 0. The van der Waals surface area contributed by atoms with Crippen LogP contribution < -0.4 is 0 Å². The Bertz CT molecular complexity index is 7.61. The first kappa shape index (κ1) is 88.6. The molecule has 0 aromatic carbocycles. The molecule has 0 saturated carbocycles. The van der Waals surface area contributed by atoms with E-state index in [4.69, 9.17) is 0 Å². The van der Waals surface area contributed by atoms with Gasteiger partial charge in [0.25, 0.3) is 0 Å². The third kappa shape index (κ3) is 30.2. The van der Waals surface area contributed by atoms with Crippen molar-refractivity contribution in [2.75, 3.05) is 0 Å². The molecule has 0 amide bonds. The average molecular weight is 201 g/mol. The summed E-state index contributed by atoms with van der Waals surface area (Å²) in [5, 5.41) is 0. The van der Waals surface area contributed by atoms with Crippen molar-refractivity contribution < 1.29 is 19.5 Å². The maximum atomic E-state index is 0. The Labute approximate surface area is 54.5 Å². The van der Waals surface area contributed by atoms with E-state index in [9.17, 15) is 0 Å². The van der Waals surface area contributed by atoms with Crippen LogP contribution in [0.1, 0.15) is 0 Å². The summed E-state index contributed by atoms with van der Waals surface area (Å²) in [6, 6.07) is 0. The van der Waals surface area contributed by atoms with Gasteiger partial charge < -0.3 is 14.9 Å². The van der Waals surface area contributed by atoms with Crippen LogP contribution in [0.2, 0.25) is 0 Å². The molecule has 5 heavy (non-hydrogen) atoms. The van der Waals surface area contributed by atoms with Gasteiger partial charge in [-0.1, -0.05) is 0 Å². The van der Waals surface area contributed by atoms with Crippen molar-refractivity contribution in [2.24, 2.45) is 0 Å². The zero-order valence-corrected chi connectivity index (χ0v) is 8.21. The van der Waals surface area contributed by atoms with Crippen molar-refractivity contribution in [1.82, 2.24) is 0 Å². The summed E-state index contributed by atoms with van der Waals surface area (Å²) in [5.74, 6) is 0. The Morgan fingerprint density at radius 3 is 0.600 bits per heavy atom. The van der Waals surface area contributed by atoms with Crippen LogP contribution in [-0.2, 0) is 19.5 Å². The normalized spacial score (nSPS) is 0. The standard InChI is InChI=1S/2CH3.2H3P.Rh/h4*1H3;/q2*-1;;;+2. The summed E-state index contributed by atoms with van der Waals surface area (Å²) in [4.78, 5) is 0. The second kappa shape index (κ2) is 50.1. The molecule has 2 atom stereocenters. The molecule has 39 valence electrons. The van der Waals surface area contributed by atoms with E-state index >= 15 is 0 Å². The minimum absolute atomic E-state index is 0. The summed E-state index contributed by atoms with van der Waals surface area (Å²) in [7, 11) is 0. The molecular formula is C2H12P2Rh. The Morgan fingerprint density at radius 2 is 0.600 bits per heavy atom. The van der Waals surface area contributed by atoms with Crippen LogP contribution in [0.25, 0.3) is 0 Å². The Kier molecular flexibility index (Phi) is 888. The van der Waals surface area contributed by atoms with E-state index in [0.717, 1.165) is 0 Å². The van der Waals surface area contributed by atoms with Crippen molar-refractivity contribution in [3.63, 3.8) is 0 Å². The topological polar surface area (TPSA) is 0 Å². The van der Waals surface area contributed by atoms with Crippen LogP contribution in [0.3, 0.4) is 0 Å². The molecular weight excluding hydrogens is 189 g/mol. The van der Waals surface area contributed by atoms with Crippen molar-refractivity contribution in [3.8, 4) is 0 Å². The quantitative estimate of drug-likeness (QED) is 0.311. The molecule has 0 rings (SSSR count). The summed E-state index contributed by atoms with van der Waals surface area (Å²) >= 11 is 0. The van der Waals surface area contributed by atoms with Crippen molar-refractivity contribution >= 4 is 19.8 Å². The van der Waals surface area contributed by atoms with Gasteiger partial charge in [0.05, 0.1) is 0 Å². The second-order valence-electron chi connectivity index (χ2n) is 0. The molecule has 0 heterocycles. The first-order chi connectivity index (χ1) is 0. The summed E-state index contributed by atoms with van der Waals surface area (Å²) in [5.41, 5.74) is 0. The average Bonchev–Trinajstić information content (AvgIpc) is 0. The fraction of sp³-hybridized carbons (Fsp3) is 0. The number of rotatable bonds is 0. The summed E-state index contributed by atoms with van der Waals surface area (Å²) < 4.78 is 0. The van der Waals surface area contributed by atoms with E-state index in [-0.39, 0.29) is 54.1 Å². The zero-order chi connectivity index (χ0) is 0. The molecule has 0 aliphatic rings. The van der Waals surface area contributed by atoms with Crippen LogP contribution >= 0.6 is 19.8 Å². The van der Waals surface area contributed by atoms with Gasteiger partial charge in [0.2, 0.25) is 0 Å². The van der Waals surface area contributed by atoms with Gasteiger partial charge in [-0.3, -0.25) is 0 Å². The monoisotopic (exact) mass is 201 g/mol. The van der Waals surface area contributed by atoms with Crippen molar-refractivity contribution in [1.29, 1.82) is 0 Å². The first-order valence-electron chi connectivity index (χ1n) is 0. The fourth-order valence-corrected chi connectivity index (χ4v) is 0. The van der Waals surface area contributed by atoms with Crippen molar-refractivity contribution in [2.45, 2.75) is 0 Å². The van der Waals surface area contributed by atoms with E-state index in [1.807, 2.05) is 0 Å². The molecule has 0 nitrogen and oxygen atoms in total. The minimum atomic E-state index is 0. The largest absolute Gasteiger partial charge is 2.00 e. The number of hydrogen-bond acceptors (Lipinski definition) is 0. The van der Waals surface area contributed by atoms with Gasteiger partial charge in [-0.05, 0) is 0 Å². The molecule has 3 heteroatoms. The van der Waals surface area contributed by atoms with Gasteiger partial charge in [-0.15, -0.1) is 0 Å². The fourth-order valence-electron chi connectivity index (χ4n) is 0. The van der Waals surface area contributed by atoms with E-state index in [1.165, 1.54) is 0 Å². The SMILES string of the molecule is P.P.[CH3-].[CH3-].[Rh+2]. The molecule has 0 N–H and O–H groups in total. The van der Waals surface area contributed by atoms with Crippen LogP contribution in [-0.4, -0.2) is 0 Å². The molecule has 0 saturated heterocycles. The molecule has 0 aromatic heterocycles. The van der Waals surface area contributed by atoms with Gasteiger partial charge in [0, 0.05) is 0 Å². The summed E-state index contributed by atoms with van der Waals surface area (Å²) in [6.45, 7) is 0. The van der Waals surface area contributed by atoms with Crippen molar-refractivity contribution in [3.05, 3.63) is 14.9 Å².